The summed E-state index contributed by atoms with van der Waals surface area (Å²) >= 11 is 0. The average molecular weight is 172 g/mol. The van der Waals surface area contributed by atoms with Crippen molar-refractivity contribution >= 4 is 11.9 Å². The molecule has 0 aliphatic heterocycles. The van der Waals surface area contributed by atoms with Crippen molar-refractivity contribution < 1.29 is 19.8 Å². The van der Waals surface area contributed by atoms with Crippen molar-refractivity contribution in [1.82, 2.24) is 0 Å². The van der Waals surface area contributed by atoms with E-state index in [9.17, 15) is 14.7 Å². The molecule has 1 amide bonds. The van der Waals surface area contributed by atoms with Gasteiger partial charge in [-0.1, -0.05) is 0 Å². The number of carbonyl (C=O) groups is 2. The Labute approximate surface area is 68.2 Å². The summed E-state index contributed by atoms with van der Waals surface area (Å²) in [5.74, 6) is -2.59. The third-order valence-electron chi connectivity index (χ3n) is 1.27. The van der Waals surface area contributed by atoms with Gasteiger partial charge in [0.2, 0.25) is 0 Å². The first-order chi connectivity index (χ1) is 5.42. The molecule has 0 aliphatic rings. The van der Waals surface area contributed by atoms with Crippen LogP contribution in [0.5, 0.6) is 0 Å². The molecule has 6 heteroatoms. The zero-order chi connectivity index (χ0) is 9.78. The van der Waals surface area contributed by atoms with Crippen molar-refractivity contribution in [2.45, 2.75) is 18.4 Å². The maximum Gasteiger partial charge on any atom is 0.306 e. The molecule has 0 bridgehead atoms. The molecule has 0 aromatic carbocycles. The zero-order valence-corrected chi connectivity index (χ0v) is 6.15. The molecule has 4 N–H and O–H groups in total. The normalized spacial score (nSPS) is 14.3. The van der Waals surface area contributed by atoms with E-state index in [0.29, 0.717) is 0 Å². The number of carbonyl (C=O) groups excluding carboxylic acids is 1. The first-order valence-electron chi connectivity index (χ1n) is 3.03. The summed E-state index contributed by atoms with van der Waals surface area (Å²) in [7, 11) is 0. The number of amides is 1. The highest BCUT2D eigenvalue weighted by molar-refractivity contribution is 5.88. The number of carboxylic acids is 1. The van der Waals surface area contributed by atoms with E-state index in [2.05, 4.69) is 0 Å². The molecule has 0 radical (unpaired) electrons. The Morgan fingerprint density at radius 2 is 2.08 bits per heavy atom. The molecule has 12 heavy (non-hydrogen) atoms. The summed E-state index contributed by atoms with van der Waals surface area (Å²) in [5.41, 5.74) is 2.45. The first kappa shape index (κ1) is 10.4. The van der Waals surface area contributed by atoms with Crippen LogP contribution in [0.15, 0.2) is 0 Å². The lowest BCUT2D eigenvalue weighted by atomic mass is 9.96. The molecule has 1 atom stereocenters. The highest BCUT2D eigenvalue weighted by Gasteiger charge is 2.36. The fourth-order valence-electron chi connectivity index (χ4n) is 0.618. The van der Waals surface area contributed by atoms with E-state index in [1.165, 1.54) is 6.07 Å². The molecule has 66 valence electrons. The van der Waals surface area contributed by atoms with Gasteiger partial charge in [0.1, 0.15) is 0 Å². The van der Waals surface area contributed by atoms with Crippen molar-refractivity contribution in [1.29, 1.82) is 5.26 Å². The Kier molecular flexibility index (Phi) is 3.19. The molecular weight excluding hydrogens is 164 g/mol. The number of hydrogen-bond acceptors (Lipinski definition) is 4. The van der Waals surface area contributed by atoms with E-state index in [0.717, 1.165) is 0 Å². The number of primary amides is 1. The Morgan fingerprint density at radius 1 is 1.58 bits per heavy atom. The second-order valence-corrected chi connectivity index (χ2v) is 2.30. The van der Waals surface area contributed by atoms with E-state index < -0.39 is 30.3 Å². The van der Waals surface area contributed by atoms with Gasteiger partial charge >= 0.3 is 5.97 Å². The van der Waals surface area contributed by atoms with Crippen LogP contribution < -0.4 is 5.73 Å². The number of rotatable bonds is 4. The number of aliphatic carboxylic acids is 1. The molecule has 0 saturated carbocycles. The lowest BCUT2D eigenvalue weighted by Gasteiger charge is -2.18. The Bertz CT molecular complexity index is 244. The second kappa shape index (κ2) is 3.69. The molecular formula is C6H8N2O4. The molecule has 1 unspecified atom stereocenters. The molecule has 0 aliphatic carbocycles. The molecule has 0 saturated heterocycles. The monoisotopic (exact) mass is 172 g/mol. The quantitative estimate of drug-likeness (QED) is 0.480. The van der Waals surface area contributed by atoms with Gasteiger partial charge in [0.25, 0.3) is 5.91 Å². The summed E-state index contributed by atoms with van der Waals surface area (Å²) in [4.78, 5) is 20.6. The van der Waals surface area contributed by atoms with Gasteiger partial charge < -0.3 is 15.9 Å². The summed E-state index contributed by atoms with van der Waals surface area (Å²) < 4.78 is 0. The van der Waals surface area contributed by atoms with Crippen LogP contribution >= 0.6 is 0 Å². The summed E-state index contributed by atoms with van der Waals surface area (Å²) in [6.07, 6.45) is -1.47. The maximum atomic E-state index is 10.5. The van der Waals surface area contributed by atoms with Gasteiger partial charge in [0.05, 0.1) is 18.9 Å². The molecule has 0 aromatic heterocycles. The summed E-state index contributed by atoms with van der Waals surface area (Å²) in [6.45, 7) is 0. The lowest BCUT2D eigenvalue weighted by molar-refractivity contribution is -0.150. The molecule has 0 heterocycles. The van der Waals surface area contributed by atoms with Gasteiger partial charge in [0.15, 0.2) is 5.60 Å². The van der Waals surface area contributed by atoms with Gasteiger partial charge in [0, 0.05) is 0 Å². The zero-order valence-electron chi connectivity index (χ0n) is 6.15. The number of nitriles is 1. The largest absolute Gasteiger partial charge is 0.481 e. The molecule has 0 fully saturated rings. The Balaban J connectivity index is 4.52. The van der Waals surface area contributed by atoms with Gasteiger partial charge in [-0.3, -0.25) is 9.59 Å². The molecule has 0 spiro atoms. The van der Waals surface area contributed by atoms with Crippen molar-refractivity contribution in [3.05, 3.63) is 0 Å². The average Bonchev–Trinajstić information content (AvgIpc) is 1.85. The molecule has 6 nitrogen and oxygen atoms in total. The summed E-state index contributed by atoms with van der Waals surface area (Å²) in [5, 5.41) is 25.6. The molecule has 0 aromatic rings. The molecule has 0 rings (SSSR count). The van der Waals surface area contributed by atoms with E-state index in [4.69, 9.17) is 16.1 Å². The lowest BCUT2D eigenvalue weighted by Crippen LogP contribution is -2.45. The van der Waals surface area contributed by atoms with Crippen LogP contribution in [0.2, 0.25) is 0 Å². The fraction of sp³-hybridized carbons (Fsp3) is 0.500. The topological polar surface area (TPSA) is 124 Å². The van der Waals surface area contributed by atoms with E-state index in [-0.39, 0.29) is 0 Å². The van der Waals surface area contributed by atoms with E-state index >= 15 is 0 Å². The van der Waals surface area contributed by atoms with Crippen LogP contribution in [-0.2, 0) is 9.59 Å². The van der Waals surface area contributed by atoms with Gasteiger partial charge in [-0.25, -0.2) is 0 Å². The van der Waals surface area contributed by atoms with Gasteiger partial charge in [-0.2, -0.15) is 5.26 Å². The first-order valence-corrected chi connectivity index (χ1v) is 3.03. The number of nitrogens with zero attached hydrogens (tertiary/aromatic N) is 1. The van der Waals surface area contributed by atoms with E-state index in [1.807, 2.05) is 0 Å². The van der Waals surface area contributed by atoms with Crippen LogP contribution in [0, 0.1) is 11.3 Å². The van der Waals surface area contributed by atoms with E-state index in [1.54, 1.807) is 0 Å². The van der Waals surface area contributed by atoms with Crippen molar-refractivity contribution in [2.75, 3.05) is 0 Å². The predicted octanol–water partition coefficient (Wildman–Crippen LogP) is -1.41. The third kappa shape index (κ3) is 2.56. The van der Waals surface area contributed by atoms with Gasteiger partial charge in [-0.15, -0.1) is 0 Å². The minimum atomic E-state index is -2.25. The van der Waals surface area contributed by atoms with Crippen LogP contribution in [0.1, 0.15) is 12.8 Å². The highest BCUT2D eigenvalue weighted by atomic mass is 16.4. The number of nitrogens with two attached hydrogens (primary N) is 1. The van der Waals surface area contributed by atoms with Crippen LogP contribution in [0.4, 0.5) is 0 Å². The number of aliphatic hydroxyl groups is 1. The Hall–Kier alpha value is -1.61. The Morgan fingerprint density at radius 3 is 2.33 bits per heavy atom. The SMILES string of the molecule is N#CCC(O)(CC(=O)O)C(N)=O. The third-order valence-corrected chi connectivity index (χ3v) is 1.27. The fourth-order valence-corrected chi connectivity index (χ4v) is 0.618. The van der Waals surface area contributed by atoms with Crippen molar-refractivity contribution in [2.24, 2.45) is 5.73 Å². The highest BCUT2D eigenvalue weighted by Crippen LogP contribution is 2.13. The van der Waals surface area contributed by atoms with Crippen molar-refractivity contribution in [3.8, 4) is 6.07 Å². The van der Waals surface area contributed by atoms with Gasteiger partial charge in [-0.05, 0) is 0 Å². The maximum absolute atomic E-state index is 10.5. The standard InChI is InChI=1S/C6H8N2O4/c7-2-1-6(12,5(8)11)3-4(9)10/h12H,1,3H2,(H2,8,11)(H,9,10). The predicted molar refractivity (Wildman–Crippen MR) is 36.6 cm³/mol. The summed E-state index contributed by atoms with van der Waals surface area (Å²) in [6, 6.07) is 1.48. The van der Waals surface area contributed by atoms with Crippen molar-refractivity contribution in [3.63, 3.8) is 0 Å². The minimum absolute atomic E-state index is 0.616. The van der Waals surface area contributed by atoms with Crippen LogP contribution in [-0.4, -0.2) is 27.7 Å². The smallest absolute Gasteiger partial charge is 0.306 e. The number of carboxylic acid groups (broad SMARTS) is 1. The second-order valence-electron chi connectivity index (χ2n) is 2.30. The van der Waals surface area contributed by atoms with Crippen LogP contribution in [0.3, 0.4) is 0 Å². The van der Waals surface area contributed by atoms with Crippen LogP contribution in [0.25, 0.3) is 0 Å². The number of hydrogen-bond donors (Lipinski definition) is 3. The minimum Gasteiger partial charge on any atom is -0.481 e.